The van der Waals surface area contributed by atoms with Crippen molar-refractivity contribution in [2.45, 2.75) is 63.8 Å². The highest BCUT2D eigenvalue weighted by Crippen LogP contribution is 2.26. The van der Waals surface area contributed by atoms with Crippen molar-refractivity contribution in [3.63, 3.8) is 0 Å². The van der Waals surface area contributed by atoms with Crippen LogP contribution in [0.25, 0.3) is 0 Å². The number of rotatable bonds is 3. The summed E-state index contributed by atoms with van der Waals surface area (Å²) in [5.74, 6) is 0. The number of aliphatic hydroxyl groups is 1. The molecular weight excluding hydrogens is 296 g/mol. The summed E-state index contributed by atoms with van der Waals surface area (Å²) in [7, 11) is 1.76. The lowest BCUT2D eigenvalue weighted by molar-refractivity contribution is -0.0598. The van der Waals surface area contributed by atoms with E-state index in [4.69, 9.17) is 9.47 Å². The Hall–Kier alpha value is -0.850. The quantitative estimate of drug-likeness (QED) is 0.857. The molecule has 6 heteroatoms. The van der Waals surface area contributed by atoms with Crippen LogP contribution in [0.1, 0.15) is 46.5 Å². The van der Waals surface area contributed by atoms with Crippen LogP contribution in [-0.4, -0.2) is 78.1 Å². The number of hydrogen-bond acceptors (Lipinski definition) is 5. The minimum Gasteiger partial charge on any atom is -0.444 e. The fourth-order valence-corrected chi connectivity index (χ4v) is 3.31. The number of β-amino-alcohol motifs (C(OH)–C–C–N with tert-alkyl or cyclic N) is 1. The molecule has 2 fully saturated rings. The van der Waals surface area contributed by atoms with Crippen molar-refractivity contribution >= 4 is 6.09 Å². The maximum Gasteiger partial charge on any atom is 0.410 e. The lowest BCUT2D eigenvalue weighted by Crippen LogP contribution is -2.54. The summed E-state index contributed by atoms with van der Waals surface area (Å²) in [6, 6.07) is 0. The van der Waals surface area contributed by atoms with Gasteiger partial charge in [0.25, 0.3) is 0 Å². The normalized spacial score (nSPS) is 23.8. The largest absolute Gasteiger partial charge is 0.444 e. The van der Waals surface area contributed by atoms with Crippen LogP contribution < -0.4 is 0 Å². The van der Waals surface area contributed by atoms with Crippen molar-refractivity contribution in [2.75, 3.05) is 39.8 Å². The van der Waals surface area contributed by atoms with Gasteiger partial charge in [0, 0.05) is 39.8 Å². The van der Waals surface area contributed by atoms with E-state index in [0.717, 1.165) is 25.9 Å². The van der Waals surface area contributed by atoms with Gasteiger partial charge in [-0.05, 0) is 46.5 Å². The van der Waals surface area contributed by atoms with E-state index in [0.29, 0.717) is 38.6 Å². The first-order valence-electron chi connectivity index (χ1n) is 8.66. The van der Waals surface area contributed by atoms with Gasteiger partial charge in [-0.1, -0.05) is 0 Å². The molecule has 0 bridgehead atoms. The second-order valence-electron chi connectivity index (χ2n) is 7.90. The average Bonchev–Trinajstić information content (AvgIpc) is 2.46. The molecule has 2 aliphatic heterocycles. The Balaban J connectivity index is 1.77. The van der Waals surface area contributed by atoms with Gasteiger partial charge in [-0.15, -0.1) is 0 Å². The summed E-state index contributed by atoms with van der Waals surface area (Å²) in [6.45, 7) is 9.34. The molecule has 0 spiro atoms. The average molecular weight is 328 g/mol. The van der Waals surface area contributed by atoms with Crippen LogP contribution in [0.5, 0.6) is 0 Å². The van der Waals surface area contributed by atoms with Crippen molar-refractivity contribution < 1.29 is 19.4 Å². The Morgan fingerprint density at radius 1 is 1.17 bits per heavy atom. The monoisotopic (exact) mass is 328 g/mol. The first kappa shape index (κ1) is 18.5. The first-order chi connectivity index (χ1) is 10.7. The van der Waals surface area contributed by atoms with Gasteiger partial charge < -0.3 is 24.4 Å². The number of amides is 1. The lowest BCUT2D eigenvalue weighted by Gasteiger charge is -2.42. The molecule has 6 nitrogen and oxygen atoms in total. The highest BCUT2D eigenvalue weighted by molar-refractivity contribution is 5.68. The van der Waals surface area contributed by atoms with Gasteiger partial charge >= 0.3 is 6.09 Å². The van der Waals surface area contributed by atoms with E-state index in [1.807, 2.05) is 20.8 Å². The van der Waals surface area contributed by atoms with Crippen LogP contribution in [0.2, 0.25) is 0 Å². The minimum atomic E-state index is -0.696. The summed E-state index contributed by atoms with van der Waals surface area (Å²) in [5, 5.41) is 10.8. The van der Waals surface area contributed by atoms with E-state index in [1.165, 1.54) is 0 Å². The highest BCUT2D eigenvalue weighted by Gasteiger charge is 2.37. The third kappa shape index (κ3) is 5.62. The van der Waals surface area contributed by atoms with Gasteiger partial charge in [0.1, 0.15) is 5.60 Å². The molecule has 2 saturated heterocycles. The maximum atomic E-state index is 12.1. The molecule has 2 heterocycles. The van der Waals surface area contributed by atoms with Crippen LogP contribution in [-0.2, 0) is 9.47 Å². The zero-order chi connectivity index (χ0) is 17.1. The van der Waals surface area contributed by atoms with Gasteiger partial charge in [-0.3, -0.25) is 0 Å². The Morgan fingerprint density at radius 3 is 2.22 bits per heavy atom. The maximum absolute atomic E-state index is 12.1. The molecular formula is C17H32N2O4. The molecule has 23 heavy (non-hydrogen) atoms. The van der Waals surface area contributed by atoms with Gasteiger partial charge in [-0.2, -0.15) is 0 Å². The van der Waals surface area contributed by atoms with E-state index in [-0.39, 0.29) is 6.09 Å². The summed E-state index contributed by atoms with van der Waals surface area (Å²) in [4.78, 5) is 16.1. The standard InChI is InChI=1S/C17H32N2O4/c1-16(2,3)23-15(20)19-11-7-17(21,8-12-19)13-18-9-5-14(22-4)6-10-18/h14,21H,5-13H2,1-4H3. The molecule has 0 saturated carbocycles. The number of carbonyl (C=O) groups is 1. The van der Waals surface area contributed by atoms with Crippen LogP contribution in [0.4, 0.5) is 4.79 Å². The Kier molecular flexibility index (Phi) is 5.92. The zero-order valence-corrected chi connectivity index (χ0v) is 15.0. The summed E-state index contributed by atoms with van der Waals surface area (Å²) >= 11 is 0. The van der Waals surface area contributed by atoms with Crippen LogP contribution in [0.3, 0.4) is 0 Å². The predicted octanol–water partition coefficient (Wildman–Crippen LogP) is 1.86. The van der Waals surface area contributed by atoms with E-state index in [2.05, 4.69) is 4.90 Å². The molecule has 134 valence electrons. The summed E-state index contributed by atoms with van der Waals surface area (Å²) < 4.78 is 10.8. The van der Waals surface area contributed by atoms with Crippen LogP contribution >= 0.6 is 0 Å². The number of carbonyl (C=O) groups excluding carboxylic acids is 1. The van der Waals surface area contributed by atoms with E-state index in [1.54, 1.807) is 12.0 Å². The van der Waals surface area contributed by atoms with Crippen molar-refractivity contribution in [1.82, 2.24) is 9.80 Å². The van der Waals surface area contributed by atoms with E-state index >= 15 is 0 Å². The van der Waals surface area contributed by atoms with Gasteiger partial charge in [0.05, 0.1) is 11.7 Å². The second-order valence-corrected chi connectivity index (χ2v) is 7.90. The van der Waals surface area contributed by atoms with E-state index < -0.39 is 11.2 Å². The zero-order valence-electron chi connectivity index (χ0n) is 15.0. The molecule has 0 aromatic carbocycles. The lowest BCUT2D eigenvalue weighted by atomic mass is 9.90. The molecule has 0 aromatic heterocycles. The van der Waals surface area contributed by atoms with Gasteiger partial charge in [-0.25, -0.2) is 4.79 Å². The smallest absolute Gasteiger partial charge is 0.410 e. The fourth-order valence-electron chi connectivity index (χ4n) is 3.31. The highest BCUT2D eigenvalue weighted by atomic mass is 16.6. The Bertz CT molecular complexity index is 392. The topological polar surface area (TPSA) is 62.2 Å². The van der Waals surface area contributed by atoms with E-state index in [9.17, 15) is 9.90 Å². The number of methoxy groups -OCH3 is 1. The molecule has 1 amide bonds. The van der Waals surface area contributed by atoms with Crippen molar-refractivity contribution in [3.05, 3.63) is 0 Å². The van der Waals surface area contributed by atoms with Crippen molar-refractivity contribution in [1.29, 1.82) is 0 Å². The minimum absolute atomic E-state index is 0.277. The third-order valence-electron chi connectivity index (χ3n) is 4.73. The molecule has 0 radical (unpaired) electrons. The number of likely N-dealkylation sites (tertiary alicyclic amines) is 2. The third-order valence-corrected chi connectivity index (χ3v) is 4.73. The summed E-state index contributed by atoms with van der Waals surface area (Å²) in [6.07, 6.45) is 3.34. The molecule has 0 unspecified atom stereocenters. The van der Waals surface area contributed by atoms with Gasteiger partial charge in [0.15, 0.2) is 0 Å². The second kappa shape index (κ2) is 7.36. The van der Waals surface area contributed by atoms with Crippen molar-refractivity contribution in [2.24, 2.45) is 0 Å². The number of hydrogen-bond donors (Lipinski definition) is 1. The summed E-state index contributed by atoms with van der Waals surface area (Å²) in [5.41, 5.74) is -1.17. The molecule has 1 N–H and O–H groups in total. The number of ether oxygens (including phenoxy) is 2. The Labute approximate surface area is 139 Å². The molecule has 0 aliphatic carbocycles. The van der Waals surface area contributed by atoms with Crippen LogP contribution in [0.15, 0.2) is 0 Å². The van der Waals surface area contributed by atoms with Crippen molar-refractivity contribution in [3.8, 4) is 0 Å². The number of nitrogens with zero attached hydrogens (tertiary/aromatic N) is 2. The number of piperidine rings is 2. The fraction of sp³-hybridized carbons (Fsp3) is 0.941. The molecule has 0 atom stereocenters. The molecule has 2 aliphatic rings. The molecule has 2 rings (SSSR count). The van der Waals surface area contributed by atoms with Crippen LogP contribution in [0, 0.1) is 0 Å². The molecule has 0 aromatic rings. The SMILES string of the molecule is COC1CCN(CC2(O)CCN(C(=O)OC(C)(C)C)CC2)CC1. The first-order valence-corrected chi connectivity index (χ1v) is 8.66. The van der Waals surface area contributed by atoms with Gasteiger partial charge in [0.2, 0.25) is 0 Å². The predicted molar refractivity (Wildman–Crippen MR) is 88.5 cm³/mol. The Morgan fingerprint density at radius 2 is 1.74 bits per heavy atom.